The lowest BCUT2D eigenvalue weighted by Gasteiger charge is -1.96. The molecule has 0 bridgehead atoms. The minimum absolute atomic E-state index is 0.162. The first-order chi connectivity index (χ1) is 6.34. The molecule has 0 spiro atoms. The van der Waals surface area contributed by atoms with Crippen LogP contribution in [0.25, 0.3) is 0 Å². The van der Waals surface area contributed by atoms with Gasteiger partial charge in [-0.1, -0.05) is 48.0 Å². The number of rotatable bonds is 4. The van der Waals surface area contributed by atoms with Crippen LogP contribution in [-0.2, 0) is 0 Å². The average molecular weight is 195 g/mol. The van der Waals surface area contributed by atoms with Crippen LogP contribution in [0, 0.1) is 0 Å². The molecular formula is C11H11ClO. The number of hydrogen-bond acceptors (Lipinski definition) is 1. The van der Waals surface area contributed by atoms with E-state index in [4.69, 9.17) is 11.6 Å². The van der Waals surface area contributed by atoms with Crippen molar-refractivity contribution in [1.29, 1.82) is 0 Å². The second-order valence-electron chi connectivity index (χ2n) is 2.69. The summed E-state index contributed by atoms with van der Waals surface area (Å²) >= 11 is 5.34. The zero-order valence-corrected chi connectivity index (χ0v) is 8.00. The topological polar surface area (TPSA) is 17.1 Å². The molecule has 0 saturated heterocycles. The van der Waals surface area contributed by atoms with E-state index in [2.05, 4.69) is 0 Å². The van der Waals surface area contributed by atoms with Crippen LogP contribution < -0.4 is 0 Å². The summed E-state index contributed by atoms with van der Waals surface area (Å²) in [7, 11) is 0. The fourth-order valence-electron chi connectivity index (χ4n) is 1.05. The summed E-state index contributed by atoms with van der Waals surface area (Å²) < 4.78 is 0. The number of benzene rings is 1. The monoisotopic (exact) mass is 194 g/mol. The van der Waals surface area contributed by atoms with Gasteiger partial charge in [0, 0.05) is 17.5 Å². The third-order valence-electron chi connectivity index (χ3n) is 1.72. The van der Waals surface area contributed by atoms with Gasteiger partial charge in [0.2, 0.25) is 0 Å². The molecule has 68 valence electrons. The quantitative estimate of drug-likeness (QED) is 0.672. The van der Waals surface area contributed by atoms with Crippen LogP contribution in [0.1, 0.15) is 23.2 Å². The van der Waals surface area contributed by atoms with Crippen molar-refractivity contribution in [2.75, 3.05) is 0 Å². The highest BCUT2D eigenvalue weighted by molar-refractivity contribution is 6.25. The van der Waals surface area contributed by atoms with Gasteiger partial charge < -0.3 is 0 Å². The van der Waals surface area contributed by atoms with E-state index in [0.717, 1.165) is 5.56 Å². The minimum atomic E-state index is 0.162. The van der Waals surface area contributed by atoms with E-state index >= 15 is 0 Å². The first-order valence-corrected chi connectivity index (χ1v) is 4.61. The van der Waals surface area contributed by atoms with Crippen LogP contribution in [0.5, 0.6) is 0 Å². The van der Waals surface area contributed by atoms with E-state index in [0.29, 0.717) is 12.8 Å². The Hall–Kier alpha value is -1.08. The Kier molecular flexibility index (Phi) is 4.27. The molecular weight excluding hydrogens is 184 g/mol. The summed E-state index contributed by atoms with van der Waals surface area (Å²) in [6, 6.07) is 9.28. The Balaban J connectivity index is 2.49. The lowest BCUT2D eigenvalue weighted by molar-refractivity contribution is 0.0983. The maximum Gasteiger partial charge on any atom is 0.163 e. The van der Waals surface area contributed by atoms with E-state index in [1.165, 1.54) is 5.54 Å². The Labute approximate surface area is 83.0 Å². The van der Waals surface area contributed by atoms with Crippen LogP contribution in [0.2, 0.25) is 0 Å². The highest BCUT2D eigenvalue weighted by Crippen LogP contribution is 2.05. The van der Waals surface area contributed by atoms with Crippen molar-refractivity contribution in [3.05, 3.63) is 47.5 Å². The molecule has 1 rings (SSSR count). The first kappa shape index (κ1) is 10.0. The summed E-state index contributed by atoms with van der Waals surface area (Å²) in [6.07, 6.45) is 3.01. The molecule has 0 atom stereocenters. The average Bonchev–Trinajstić information content (AvgIpc) is 2.19. The predicted molar refractivity (Wildman–Crippen MR) is 55.0 cm³/mol. The third-order valence-corrected chi connectivity index (χ3v) is 1.90. The molecule has 0 heterocycles. The molecule has 13 heavy (non-hydrogen) atoms. The summed E-state index contributed by atoms with van der Waals surface area (Å²) in [5.41, 5.74) is 2.21. The van der Waals surface area contributed by atoms with Gasteiger partial charge in [0.05, 0.1) is 0 Å². The van der Waals surface area contributed by atoms with Crippen molar-refractivity contribution in [2.24, 2.45) is 0 Å². The lowest BCUT2D eigenvalue weighted by Crippen LogP contribution is -1.96. The summed E-state index contributed by atoms with van der Waals surface area (Å²) in [4.78, 5) is 11.4. The Morgan fingerprint density at radius 3 is 2.62 bits per heavy atom. The van der Waals surface area contributed by atoms with E-state index in [1.807, 2.05) is 30.3 Å². The Morgan fingerprint density at radius 2 is 2.00 bits per heavy atom. The zero-order valence-electron chi connectivity index (χ0n) is 7.24. The molecule has 0 aliphatic rings. The van der Waals surface area contributed by atoms with Crippen molar-refractivity contribution < 1.29 is 4.79 Å². The second-order valence-corrected chi connectivity index (χ2v) is 2.94. The van der Waals surface area contributed by atoms with Crippen molar-refractivity contribution in [2.45, 2.75) is 12.8 Å². The third kappa shape index (κ3) is 3.43. The molecule has 0 unspecified atom stereocenters. The number of Topliss-reactive ketones (excluding diaryl/α,β-unsaturated/α-hetero) is 1. The fraction of sp³-hybridized carbons (Fsp3) is 0.182. The first-order valence-electron chi connectivity index (χ1n) is 4.18. The molecule has 0 aromatic heterocycles. The number of allylic oxidation sites excluding steroid dienone is 1. The molecule has 0 aliphatic carbocycles. The largest absolute Gasteiger partial charge is 0.294 e. The molecule has 1 aromatic carbocycles. The summed E-state index contributed by atoms with van der Waals surface area (Å²) in [5.74, 6) is 0.162. The van der Waals surface area contributed by atoms with Crippen LogP contribution in [0.15, 0.2) is 41.9 Å². The molecule has 2 heteroatoms. The van der Waals surface area contributed by atoms with Crippen LogP contribution in [-0.4, -0.2) is 5.78 Å². The highest BCUT2D eigenvalue weighted by atomic mass is 35.5. The molecule has 0 amide bonds. The standard InChI is InChI=1S/C11H11ClO/c12-9-5-4-8-11(13)10-6-2-1-3-7-10/h1-3,5-7,9H,4,8H2/b9-5+. The highest BCUT2D eigenvalue weighted by Gasteiger charge is 2.01. The van der Waals surface area contributed by atoms with Gasteiger partial charge in [-0.15, -0.1) is 0 Å². The molecule has 0 aliphatic heterocycles. The zero-order chi connectivity index (χ0) is 9.52. The Morgan fingerprint density at radius 1 is 1.31 bits per heavy atom. The number of carbonyl (C=O) groups is 1. The SMILES string of the molecule is O=C(CC/C=C/Cl)c1ccccc1. The van der Waals surface area contributed by atoms with Crippen LogP contribution in [0.3, 0.4) is 0 Å². The van der Waals surface area contributed by atoms with Crippen molar-refractivity contribution in [3.8, 4) is 0 Å². The lowest BCUT2D eigenvalue weighted by atomic mass is 10.1. The number of ketones is 1. The van der Waals surface area contributed by atoms with E-state index < -0.39 is 0 Å². The number of hydrogen-bond donors (Lipinski definition) is 0. The van der Waals surface area contributed by atoms with Gasteiger partial charge in [0.25, 0.3) is 0 Å². The van der Waals surface area contributed by atoms with Crippen molar-refractivity contribution in [1.82, 2.24) is 0 Å². The van der Waals surface area contributed by atoms with Gasteiger partial charge in [-0.2, -0.15) is 0 Å². The van der Waals surface area contributed by atoms with Gasteiger partial charge in [-0.25, -0.2) is 0 Å². The second kappa shape index (κ2) is 5.55. The van der Waals surface area contributed by atoms with Crippen molar-refractivity contribution in [3.63, 3.8) is 0 Å². The normalized spacial score (nSPS) is 10.5. The summed E-state index contributed by atoms with van der Waals surface area (Å²) in [5, 5.41) is 0. The van der Waals surface area contributed by atoms with Gasteiger partial charge in [0.15, 0.2) is 5.78 Å². The van der Waals surface area contributed by atoms with Gasteiger partial charge in [-0.3, -0.25) is 4.79 Å². The molecule has 1 nitrogen and oxygen atoms in total. The van der Waals surface area contributed by atoms with Crippen molar-refractivity contribution >= 4 is 17.4 Å². The van der Waals surface area contributed by atoms with Gasteiger partial charge >= 0.3 is 0 Å². The van der Waals surface area contributed by atoms with Crippen LogP contribution in [0.4, 0.5) is 0 Å². The molecule has 1 aromatic rings. The van der Waals surface area contributed by atoms with E-state index in [1.54, 1.807) is 6.08 Å². The number of halogens is 1. The van der Waals surface area contributed by atoms with E-state index in [-0.39, 0.29) is 5.78 Å². The van der Waals surface area contributed by atoms with Gasteiger partial charge in [-0.05, 0) is 6.42 Å². The molecule has 0 saturated carbocycles. The summed E-state index contributed by atoms with van der Waals surface area (Å²) in [6.45, 7) is 0. The maximum atomic E-state index is 11.4. The molecule has 0 radical (unpaired) electrons. The Bertz CT molecular complexity index is 290. The maximum absolute atomic E-state index is 11.4. The molecule has 0 N–H and O–H groups in total. The van der Waals surface area contributed by atoms with Gasteiger partial charge in [0.1, 0.15) is 0 Å². The minimum Gasteiger partial charge on any atom is -0.294 e. The number of carbonyl (C=O) groups excluding carboxylic acids is 1. The fourth-order valence-corrected chi connectivity index (χ4v) is 1.17. The predicted octanol–water partition coefficient (Wildman–Crippen LogP) is 3.40. The van der Waals surface area contributed by atoms with E-state index in [9.17, 15) is 4.79 Å². The molecule has 0 fully saturated rings. The van der Waals surface area contributed by atoms with Crippen LogP contribution >= 0.6 is 11.6 Å². The smallest absolute Gasteiger partial charge is 0.163 e.